The monoisotopic (exact) mass is 369 g/mol. The summed E-state index contributed by atoms with van der Waals surface area (Å²) in [5, 5.41) is 0. The molecule has 0 amide bonds. The van der Waals surface area contributed by atoms with Gasteiger partial charge in [0.25, 0.3) is 0 Å². The van der Waals surface area contributed by atoms with Crippen LogP contribution in [0.2, 0.25) is 0 Å². The number of hydrogen-bond acceptors (Lipinski definition) is 5. The third-order valence-corrected chi connectivity index (χ3v) is 3.75. The molecule has 0 heterocycles. The summed E-state index contributed by atoms with van der Waals surface area (Å²) in [6.45, 7) is 0. The lowest BCUT2D eigenvalue weighted by Gasteiger charge is -2.12. The van der Waals surface area contributed by atoms with E-state index in [0.717, 1.165) is 5.56 Å². The van der Waals surface area contributed by atoms with Crippen molar-refractivity contribution < 1.29 is 23.5 Å². The number of methoxy groups -OCH3 is 2. The molecule has 0 spiro atoms. The van der Waals surface area contributed by atoms with Gasteiger partial charge in [-0.25, -0.2) is 14.0 Å². The first-order valence-electron chi connectivity index (χ1n) is 8.24. The fourth-order valence-corrected chi connectivity index (χ4v) is 2.35. The molecule has 6 heteroatoms. The summed E-state index contributed by atoms with van der Waals surface area (Å²) in [7, 11) is 2.51. The summed E-state index contributed by atoms with van der Waals surface area (Å²) in [4.78, 5) is 28.5. The van der Waals surface area contributed by atoms with E-state index in [2.05, 4.69) is 4.99 Å². The van der Waals surface area contributed by atoms with E-state index in [4.69, 9.17) is 9.47 Å². The standard InChI is InChI=1S/C21H20FNO4/c1-26-20(24)17(12-15-8-10-18(22)11-9-15)13-19(21(25)27-2)23-14-16-6-4-3-5-7-16/h3-12,14,19H,13H2,1-2H3/b17-12-,23-14?. The topological polar surface area (TPSA) is 65.0 Å². The van der Waals surface area contributed by atoms with E-state index >= 15 is 0 Å². The summed E-state index contributed by atoms with van der Waals surface area (Å²) >= 11 is 0. The number of nitrogens with zero attached hydrogens (tertiary/aromatic N) is 1. The molecule has 1 unspecified atom stereocenters. The molecule has 2 aromatic rings. The van der Waals surface area contributed by atoms with Crippen molar-refractivity contribution in [3.8, 4) is 0 Å². The molecule has 0 aliphatic heterocycles. The normalized spacial score (nSPS) is 12.6. The van der Waals surface area contributed by atoms with Gasteiger partial charge in [-0.15, -0.1) is 0 Å². The molecule has 5 nitrogen and oxygen atoms in total. The van der Waals surface area contributed by atoms with Crippen LogP contribution in [-0.4, -0.2) is 38.4 Å². The van der Waals surface area contributed by atoms with Gasteiger partial charge in [0.2, 0.25) is 0 Å². The number of rotatable bonds is 7. The minimum Gasteiger partial charge on any atom is -0.467 e. The highest BCUT2D eigenvalue weighted by Gasteiger charge is 2.23. The molecule has 27 heavy (non-hydrogen) atoms. The van der Waals surface area contributed by atoms with Crippen molar-refractivity contribution in [2.45, 2.75) is 12.5 Å². The molecule has 2 aromatic carbocycles. The van der Waals surface area contributed by atoms with Gasteiger partial charge in [-0.2, -0.15) is 0 Å². The zero-order chi connectivity index (χ0) is 19.6. The minimum atomic E-state index is -0.916. The number of ether oxygens (including phenoxy) is 2. The first-order valence-corrected chi connectivity index (χ1v) is 8.24. The van der Waals surface area contributed by atoms with Crippen LogP contribution in [0.25, 0.3) is 6.08 Å². The van der Waals surface area contributed by atoms with Gasteiger partial charge in [0.1, 0.15) is 5.82 Å². The Morgan fingerprint density at radius 3 is 2.26 bits per heavy atom. The molecule has 0 N–H and O–H groups in total. The largest absolute Gasteiger partial charge is 0.467 e. The Labute approximate surface area is 157 Å². The average Bonchev–Trinajstić information content (AvgIpc) is 2.71. The molecule has 2 rings (SSSR count). The van der Waals surface area contributed by atoms with Gasteiger partial charge in [-0.1, -0.05) is 42.5 Å². The SMILES string of the molecule is COC(=O)/C(=C\c1ccc(F)cc1)CC(N=Cc1ccccc1)C(=O)OC. The fraction of sp³-hybridized carbons (Fsp3) is 0.190. The Balaban J connectivity index is 2.29. The number of aliphatic imine (C=N–C) groups is 1. The summed E-state index contributed by atoms with van der Waals surface area (Å²) in [6, 6.07) is 14.0. The lowest BCUT2D eigenvalue weighted by Crippen LogP contribution is -2.23. The Morgan fingerprint density at radius 1 is 1.00 bits per heavy atom. The molecular formula is C21H20FNO4. The number of halogens is 1. The average molecular weight is 369 g/mol. The van der Waals surface area contributed by atoms with Gasteiger partial charge in [-0.3, -0.25) is 4.99 Å². The summed E-state index contributed by atoms with van der Waals surface area (Å²) < 4.78 is 22.7. The Kier molecular flexibility index (Phi) is 7.43. The summed E-state index contributed by atoms with van der Waals surface area (Å²) in [6.07, 6.45) is 3.08. The van der Waals surface area contributed by atoms with Crippen molar-refractivity contribution in [1.29, 1.82) is 0 Å². The molecule has 1 atom stereocenters. The third kappa shape index (κ3) is 6.18. The maximum atomic E-state index is 13.1. The quantitative estimate of drug-likeness (QED) is 0.426. The lowest BCUT2D eigenvalue weighted by molar-refractivity contribution is -0.142. The third-order valence-electron chi connectivity index (χ3n) is 3.75. The second-order valence-electron chi connectivity index (χ2n) is 5.64. The fourth-order valence-electron chi connectivity index (χ4n) is 2.35. The zero-order valence-electron chi connectivity index (χ0n) is 15.1. The molecule has 0 bridgehead atoms. The van der Waals surface area contributed by atoms with Crippen LogP contribution in [0.1, 0.15) is 17.5 Å². The smallest absolute Gasteiger partial charge is 0.333 e. The molecule has 0 aromatic heterocycles. The lowest BCUT2D eigenvalue weighted by atomic mass is 10.0. The van der Waals surface area contributed by atoms with E-state index in [1.807, 2.05) is 30.3 Å². The van der Waals surface area contributed by atoms with Crippen molar-refractivity contribution in [2.75, 3.05) is 14.2 Å². The highest BCUT2D eigenvalue weighted by atomic mass is 19.1. The molecule has 0 saturated heterocycles. The Morgan fingerprint density at radius 2 is 1.67 bits per heavy atom. The van der Waals surface area contributed by atoms with Crippen LogP contribution < -0.4 is 0 Å². The van der Waals surface area contributed by atoms with Crippen LogP contribution in [0.4, 0.5) is 4.39 Å². The Bertz CT molecular complexity index is 829. The van der Waals surface area contributed by atoms with E-state index in [1.54, 1.807) is 12.3 Å². The van der Waals surface area contributed by atoms with E-state index in [1.165, 1.54) is 38.5 Å². The zero-order valence-corrected chi connectivity index (χ0v) is 15.1. The van der Waals surface area contributed by atoms with Crippen LogP contribution in [0.5, 0.6) is 0 Å². The van der Waals surface area contributed by atoms with Crippen LogP contribution in [0.3, 0.4) is 0 Å². The van der Waals surface area contributed by atoms with E-state index in [-0.39, 0.29) is 17.8 Å². The number of carbonyl (C=O) groups is 2. The highest BCUT2D eigenvalue weighted by molar-refractivity contribution is 5.95. The molecule has 0 aliphatic carbocycles. The number of benzene rings is 2. The second-order valence-corrected chi connectivity index (χ2v) is 5.64. The Hall–Kier alpha value is -3.28. The van der Waals surface area contributed by atoms with Gasteiger partial charge < -0.3 is 9.47 Å². The molecule has 140 valence electrons. The van der Waals surface area contributed by atoms with Crippen LogP contribution in [0.15, 0.2) is 65.2 Å². The minimum absolute atomic E-state index is 0.0138. The van der Waals surface area contributed by atoms with Crippen molar-refractivity contribution in [2.24, 2.45) is 4.99 Å². The summed E-state index contributed by atoms with van der Waals surface area (Å²) in [5.41, 5.74) is 1.64. The van der Waals surface area contributed by atoms with Gasteiger partial charge in [0.15, 0.2) is 6.04 Å². The molecule has 0 fully saturated rings. The number of carbonyl (C=O) groups excluding carboxylic acids is 2. The highest BCUT2D eigenvalue weighted by Crippen LogP contribution is 2.17. The van der Waals surface area contributed by atoms with Gasteiger partial charge in [-0.05, 0) is 29.3 Å². The van der Waals surface area contributed by atoms with Gasteiger partial charge in [0, 0.05) is 18.2 Å². The predicted molar refractivity (Wildman–Crippen MR) is 101 cm³/mol. The maximum Gasteiger partial charge on any atom is 0.333 e. The van der Waals surface area contributed by atoms with Crippen molar-refractivity contribution >= 4 is 24.2 Å². The first kappa shape index (κ1) is 20.0. The first-order chi connectivity index (χ1) is 13.0. The molecule has 0 aliphatic rings. The van der Waals surface area contributed by atoms with E-state index in [0.29, 0.717) is 5.56 Å². The van der Waals surface area contributed by atoms with E-state index < -0.39 is 18.0 Å². The van der Waals surface area contributed by atoms with E-state index in [9.17, 15) is 14.0 Å². The maximum absolute atomic E-state index is 13.1. The summed E-state index contributed by atoms with van der Waals surface area (Å²) in [5.74, 6) is -1.55. The van der Waals surface area contributed by atoms with Crippen LogP contribution in [-0.2, 0) is 19.1 Å². The van der Waals surface area contributed by atoms with Crippen LogP contribution in [0, 0.1) is 5.82 Å². The second kappa shape index (κ2) is 10.0. The van der Waals surface area contributed by atoms with Gasteiger partial charge >= 0.3 is 11.9 Å². The number of esters is 2. The van der Waals surface area contributed by atoms with Crippen molar-refractivity contribution in [3.05, 3.63) is 77.1 Å². The van der Waals surface area contributed by atoms with Gasteiger partial charge in [0.05, 0.1) is 14.2 Å². The molecule has 0 saturated carbocycles. The molecular weight excluding hydrogens is 349 g/mol. The van der Waals surface area contributed by atoms with Crippen LogP contribution >= 0.6 is 0 Å². The van der Waals surface area contributed by atoms with Crippen molar-refractivity contribution in [1.82, 2.24) is 0 Å². The molecule has 0 radical (unpaired) electrons. The predicted octanol–water partition coefficient (Wildman–Crippen LogP) is 3.43. The number of hydrogen-bond donors (Lipinski definition) is 0. The van der Waals surface area contributed by atoms with Crippen molar-refractivity contribution in [3.63, 3.8) is 0 Å².